The lowest BCUT2D eigenvalue weighted by atomic mass is 9.86. The minimum Gasteiger partial charge on any atom is -0.493 e. The zero-order valence-corrected chi connectivity index (χ0v) is 22.1. The van der Waals surface area contributed by atoms with Gasteiger partial charge in [-0.1, -0.05) is 30.7 Å². The van der Waals surface area contributed by atoms with Crippen molar-refractivity contribution in [1.82, 2.24) is 10.2 Å². The molecule has 7 nitrogen and oxygen atoms in total. The average molecular weight is 495 g/mol. The van der Waals surface area contributed by atoms with Gasteiger partial charge in [0.25, 0.3) is 0 Å². The van der Waals surface area contributed by atoms with Gasteiger partial charge in [0.05, 0.1) is 13.2 Å². The van der Waals surface area contributed by atoms with Gasteiger partial charge in [0.1, 0.15) is 5.75 Å². The van der Waals surface area contributed by atoms with E-state index in [1.54, 1.807) is 0 Å². The lowest BCUT2D eigenvalue weighted by Crippen LogP contribution is -2.39. The van der Waals surface area contributed by atoms with Crippen molar-refractivity contribution in [2.75, 3.05) is 26.3 Å². The minimum atomic E-state index is -0.198. The molecule has 1 unspecified atom stereocenters. The fourth-order valence-electron chi connectivity index (χ4n) is 4.50. The van der Waals surface area contributed by atoms with Gasteiger partial charge in [0, 0.05) is 31.2 Å². The molecule has 2 aliphatic rings. The summed E-state index contributed by atoms with van der Waals surface area (Å²) in [5.74, 6) is 2.13. The monoisotopic (exact) mass is 494 g/mol. The van der Waals surface area contributed by atoms with Crippen molar-refractivity contribution in [2.45, 2.75) is 65.3 Å². The molecule has 196 valence electrons. The normalized spacial score (nSPS) is 20.5. The van der Waals surface area contributed by atoms with Crippen molar-refractivity contribution in [3.8, 4) is 5.75 Å². The Balaban J connectivity index is 1.44. The Morgan fingerprint density at radius 1 is 1.28 bits per heavy atom. The van der Waals surface area contributed by atoms with E-state index < -0.39 is 0 Å². The number of hydrogen-bond acceptors (Lipinski definition) is 4. The molecule has 36 heavy (non-hydrogen) atoms. The number of nitrogens with zero attached hydrogens (tertiary/aromatic N) is 3. The van der Waals surface area contributed by atoms with Crippen LogP contribution in [0, 0.1) is 11.8 Å². The number of carbonyl (C=O) groups is 1. The van der Waals surface area contributed by atoms with Crippen LogP contribution >= 0.6 is 0 Å². The number of aliphatic hydroxyl groups is 1. The van der Waals surface area contributed by atoms with Gasteiger partial charge in [0.15, 0.2) is 0 Å². The van der Waals surface area contributed by atoms with Crippen LogP contribution in [0.3, 0.4) is 0 Å². The topological polar surface area (TPSA) is 86.5 Å². The minimum absolute atomic E-state index is 0.0155. The smallest absolute Gasteiger partial charge is 0.224 e. The predicted octanol–water partition coefficient (Wildman–Crippen LogP) is 4.83. The van der Waals surface area contributed by atoms with Crippen molar-refractivity contribution in [2.24, 2.45) is 21.8 Å². The van der Waals surface area contributed by atoms with Gasteiger partial charge in [-0.2, -0.15) is 0 Å². The number of amides is 1. The third-order valence-corrected chi connectivity index (χ3v) is 7.15. The lowest BCUT2D eigenvalue weighted by Gasteiger charge is -2.32. The molecule has 0 spiro atoms. The highest BCUT2D eigenvalue weighted by Gasteiger charge is 2.24. The first kappa shape index (κ1) is 27.7. The van der Waals surface area contributed by atoms with Crippen molar-refractivity contribution in [3.05, 3.63) is 47.7 Å². The number of piperidine rings is 1. The molecule has 0 bridgehead atoms. The quantitative estimate of drug-likeness (QED) is 0.380. The van der Waals surface area contributed by atoms with Crippen LogP contribution in [-0.2, 0) is 4.79 Å². The first-order chi connectivity index (χ1) is 17.4. The highest BCUT2D eigenvalue weighted by molar-refractivity contribution is 5.84. The number of carbonyl (C=O) groups excluding carboxylic acids is 1. The predicted molar refractivity (Wildman–Crippen MR) is 147 cm³/mol. The molecule has 0 radical (unpaired) electrons. The lowest BCUT2D eigenvalue weighted by molar-refractivity contribution is -0.126. The number of ether oxygens (including phenoxy) is 1. The number of aliphatic imine (C=N–C) groups is 2. The molecule has 1 aliphatic carbocycles. The van der Waals surface area contributed by atoms with Gasteiger partial charge in [0.2, 0.25) is 11.9 Å². The Morgan fingerprint density at radius 3 is 2.58 bits per heavy atom. The second-order valence-corrected chi connectivity index (χ2v) is 9.97. The van der Waals surface area contributed by atoms with E-state index in [1.165, 1.54) is 16.7 Å². The number of allylic oxidation sites excluding steroid dienone is 3. The summed E-state index contributed by atoms with van der Waals surface area (Å²) in [4.78, 5) is 23.2. The van der Waals surface area contributed by atoms with Crippen LogP contribution < -0.4 is 10.1 Å². The second kappa shape index (κ2) is 14.0. The number of aliphatic hydroxyl groups excluding tert-OH is 1. The third kappa shape index (κ3) is 8.05. The highest BCUT2D eigenvalue weighted by Crippen LogP contribution is 2.31. The van der Waals surface area contributed by atoms with E-state index >= 15 is 0 Å². The maximum Gasteiger partial charge on any atom is 0.224 e. The maximum atomic E-state index is 12.3. The Bertz CT molecular complexity index is 959. The summed E-state index contributed by atoms with van der Waals surface area (Å²) in [5.41, 5.74) is 3.70. The number of nitrogens with one attached hydrogen (secondary N) is 1. The van der Waals surface area contributed by atoms with Gasteiger partial charge >= 0.3 is 0 Å². The summed E-state index contributed by atoms with van der Waals surface area (Å²) in [6.45, 7) is 12.2. The van der Waals surface area contributed by atoms with Crippen LogP contribution in [0.2, 0.25) is 0 Å². The number of hydrogen-bond donors (Lipinski definition) is 2. The number of likely N-dealkylation sites (tertiary alicyclic amines) is 1. The van der Waals surface area contributed by atoms with Crippen molar-refractivity contribution in [3.63, 3.8) is 0 Å². The molecular weight excluding hydrogens is 452 g/mol. The molecule has 0 saturated carbocycles. The highest BCUT2D eigenvalue weighted by atomic mass is 16.5. The Hall–Kier alpha value is -2.93. The summed E-state index contributed by atoms with van der Waals surface area (Å²) in [7, 11) is 0. The Kier molecular flexibility index (Phi) is 10.7. The molecule has 1 fully saturated rings. The molecule has 3 rings (SSSR count). The average Bonchev–Trinajstić information content (AvgIpc) is 2.93. The zero-order chi connectivity index (χ0) is 25.9. The van der Waals surface area contributed by atoms with Gasteiger partial charge in [-0.05, 0) is 88.3 Å². The van der Waals surface area contributed by atoms with Crippen molar-refractivity contribution >= 4 is 24.2 Å². The summed E-state index contributed by atoms with van der Waals surface area (Å²) >= 11 is 0. The molecule has 1 aliphatic heterocycles. The Morgan fingerprint density at radius 2 is 2.00 bits per heavy atom. The van der Waals surface area contributed by atoms with Crippen LogP contribution in [0.1, 0.15) is 64.9 Å². The van der Waals surface area contributed by atoms with E-state index in [1.807, 2.05) is 25.3 Å². The standard InChI is InChI=1S/C29H42N4O3/c1-5-21(2)18-31-29(30-4)33-16-14-23(15-17-33)20-36-27-12-10-25(11-13-27)24-6-8-26(9-7-24)28(35)32-22(3)19-34/h6,10-13,18,22-23,26,34H,4-5,7-9,14-17,19-20H2,1-3H3,(H,32,35)/b21-18+,31-29?/t22-,26?/m1/s1. The molecule has 2 atom stereocenters. The summed E-state index contributed by atoms with van der Waals surface area (Å²) in [6, 6.07) is 8.12. The van der Waals surface area contributed by atoms with Gasteiger partial charge in [-0.15, -0.1) is 0 Å². The van der Waals surface area contributed by atoms with Gasteiger partial charge in [-0.25, -0.2) is 9.98 Å². The first-order valence-electron chi connectivity index (χ1n) is 13.2. The molecule has 1 saturated heterocycles. The number of rotatable bonds is 9. The molecule has 1 heterocycles. The third-order valence-electron chi connectivity index (χ3n) is 7.15. The van der Waals surface area contributed by atoms with Gasteiger partial charge < -0.3 is 20.1 Å². The van der Waals surface area contributed by atoms with E-state index in [4.69, 9.17) is 9.84 Å². The molecule has 0 aromatic heterocycles. The summed E-state index contributed by atoms with van der Waals surface area (Å²) < 4.78 is 6.11. The van der Waals surface area contributed by atoms with Crippen LogP contribution in [0.15, 0.2) is 52.1 Å². The number of benzene rings is 1. The molecule has 7 heteroatoms. The first-order valence-corrected chi connectivity index (χ1v) is 13.2. The molecule has 2 N–H and O–H groups in total. The zero-order valence-electron chi connectivity index (χ0n) is 22.1. The molecule has 1 aromatic carbocycles. The SMILES string of the molecule is C=NC(=N/C=C(\C)CC)N1CCC(COc2ccc(C3=CCC(C(=O)N[C@H](C)CO)CC3)cc2)CC1. The van der Waals surface area contributed by atoms with Crippen molar-refractivity contribution in [1.29, 1.82) is 0 Å². The van der Waals surface area contributed by atoms with Crippen molar-refractivity contribution < 1.29 is 14.6 Å². The molecular formula is C29H42N4O3. The van der Waals surface area contributed by atoms with Crippen LogP contribution in [-0.4, -0.2) is 60.9 Å². The maximum absolute atomic E-state index is 12.3. The fourth-order valence-corrected chi connectivity index (χ4v) is 4.50. The fraction of sp³-hybridized carbons (Fsp3) is 0.552. The Labute approximate surface area is 216 Å². The van der Waals surface area contributed by atoms with Crippen LogP contribution in [0.25, 0.3) is 5.57 Å². The van der Waals surface area contributed by atoms with E-state index in [-0.39, 0.29) is 24.5 Å². The van der Waals surface area contributed by atoms with E-state index in [2.05, 4.69) is 59.0 Å². The molecule has 1 amide bonds. The largest absolute Gasteiger partial charge is 0.493 e. The van der Waals surface area contributed by atoms with E-state index in [0.717, 1.165) is 57.4 Å². The van der Waals surface area contributed by atoms with E-state index in [9.17, 15) is 4.79 Å². The summed E-state index contributed by atoms with van der Waals surface area (Å²) in [6.07, 6.45) is 9.58. The second-order valence-electron chi connectivity index (χ2n) is 9.97. The van der Waals surface area contributed by atoms with Crippen LogP contribution in [0.4, 0.5) is 0 Å². The summed E-state index contributed by atoms with van der Waals surface area (Å²) in [5, 5.41) is 12.0. The number of guanidine groups is 1. The molecule has 1 aromatic rings. The van der Waals surface area contributed by atoms with Crippen LogP contribution in [0.5, 0.6) is 5.75 Å². The van der Waals surface area contributed by atoms with E-state index in [0.29, 0.717) is 18.5 Å². The van der Waals surface area contributed by atoms with Gasteiger partial charge in [-0.3, -0.25) is 4.79 Å².